The van der Waals surface area contributed by atoms with Crippen molar-refractivity contribution in [1.82, 2.24) is 10.6 Å². The summed E-state index contributed by atoms with van der Waals surface area (Å²) >= 11 is 0. The van der Waals surface area contributed by atoms with Crippen LogP contribution in [0.15, 0.2) is 23.2 Å². The van der Waals surface area contributed by atoms with Crippen LogP contribution < -0.4 is 15.5 Å². The summed E-state index contributed by atoms with van der Waals surface area (Å²) in [6.45, 7) is 8.42. The third-order valence-electron chi connectivity index (χ3n) is 3.39. The van der Waals surface area contributed by atoms with Crippen molar-refractivity contribution in [2.45, 2.75) is 33.4 Å². The second-order valence-electron chi connectivity index (χ2n) is 5.70. The maximum atomic E-state index is 5.15. The fourth-order valence-corrected chi connectivity index (χ4v) is 2.14. The van der Waals surface area contributed by atoms with E-state index in [1.807, 2.05) is 0 Å². The van der Waals surface area contributed by atoms with Crippen molar-refractivity contribution in [3.63, 3.8) is 0 Å². The Balaban J connectivity index is 2.77. The number of ether oxygens (including phenoxy) is 1. The van der Waals surface area contributed by atoms with E-state index in [0.29, 0.717) is 13.2 Å². The summed E-state index contributed by atoms with van der Waals surface area (Å²) in [6.07, 6.45) is 0. The van der Waals surface area contributed by atoms with Crippen LogP contribution in [0.3, 0.4) is 0 Å². The number of nitrogens with zero attached hydrogens (tertiary/aromatic N) is 2. The standard InChI is InChI=1S/C17H30N4O/c1-7-18-17(20-14(3)12-22-6)19-11-15-8-9-16(21(4)5)10-13(15)2/h8-10,14H,7,11-12H2,1-6H3,(H2,18,19,20). The molecule has 0 fully saturated rings. The number of aryl methyl sites for hydroxylation is 1. The molecule has 1 unspecified atom stereocenters. The molecule has 0 radical (unpaired) electrons. The van der Waals surface area contributed by atoms with Gasteiger partial charge in [-0.2, -0.15) is 0 Å². The molecule has 0 aliphatic rings. The summed E-state index contributed by atoms with van der Waals surface area (Å²) in [6, 6.07) is 6.70. The largest absolute Gasteiger partial charge is 0.383 e. The average molecular weight is 306 g/mol. The molecule has 0 bridgehead atoms. The first-order chi connectivity index (χ1) is 10.5. The van der Waals surface area contributed by atoms with Crippen LogP contribution in [0, 0.1) is 6.92 Å². The molecule has 124 valence electrons. The molecular weight excluding hydrogens is 276 g/mol. The maximum absolute atomic E-state index is 5.15. The van der Waals surface area contributed by atoms with Crippen LogP contribution in [0.2, 0.25) is 0 Å². The summed E-state index contributed by atoms with van der Waals surface area (Å²) in [5.41, 5.74) is 3.71. The van der Waals surface area contributed by atoms with E-state index in [4.69, 9.17) is 4.74 Å². The summed E-state index contributed by atoms with van der Waals surface area (Å²) < 4.78 is 5.15. The number of nitrogens with one attached hydrogen (secondary N) is 2. The molecule has 2 N–H and O–H groups in total. The summed E-state index contributed by atoms with van der Waals surface area (Å²) in [5.74, 6) is 0.822. The fraction of sp³-hybridized carbons (Fsp3) is 0.588. The van der Waals surface area contributed by atoms with Gasteiger partial charge >= 0.3 is 0 Å². The SMILES string of the molecule is CCNC(=NCc1ccc(N(C)C)cc1C)NC(C)COC. The average Bonchev–Trinajstić information content (AvgIpc) is 2.46. The molecule has 1 atom stereocenters. The molecule has 0 saturated carbocycles. The van der Waals surface area contributed by atoms with E-state index in [1.165, 1.54) is 16.8 Å². The van der Waals surface area contributed by atoms with Gasteiger partial charge in [0.2, 0.25) is 0 Å². The lowest BCUT2D eigenvalue weighted by molar-refractivity contribution is 0.179. The van der Waals surface area contributed by atoms with Gasteiger partial charge in [0.05, 0.1) is 13.2 Å². The van der Waals surface area contributed by atoms with Crippen molar-refractivity contribution >= 4 is 11.6 Å². The van der Waals surface area contributed by atoms with Crippen LogP contribution in [-0.2, 0) is 11.3 Å². The molecule has 1 aromatic rings. The van der Waals surface area contributed by atoms with Crippen LogP contribution in [-0.4, -0.2) is 46.4 Å². The van der Waals surface area contributed by atoms with Gasteiger partial charge in [-0.05, 0) is 44.0 Å². The zero-order valence-corrected chi connectivity index (χ0v) is 14.7. The normalized spacial score (nSPS) is 12.9. The van der Waals surface area contributed by atoms with Gasteiger partial charge in [0.25, 0.3) is 0 Å². The number of anilines is 1. The Kier molecular flexibility index (Phi) is 7.74. The van der Waals surface area contributed by atoms with Gasteiger partial charge in [-0.25, -0.2) is 4.99 Å². The number of aliphatic imine (C=N–C) groups is 1. The maximum Gasteiger partial charge on any atom is 0.191 e. The minimum atomic E-state index is 0.222. The van der Waals surface area contributed by atoms with Gasteiger partial charge in [-0.3, -0.25) is 0 Å². The van der Waals surface area contributed by atoms with E-state index in [0.717, 1.165) is 12.5 Å². The fourth-order valence-electron chi connectivity index (χ4n) is 2.14. The number of hydrogen-bond donors (Lipinski definition) is 2. The van der Waals surface area contributed by atoms with E-state index in [1.54, 1.807) is 7.11 Å². The van der Waals surface area contributed by atoms with E-state index >= 15 is 0 Å². The summed E-state index contributed by atoms with van der Waals surface area (Å²) in [5, 5.41) is 6.61. The van der Waals surface area contributed by atoms with E-state index < -0.39 is 0 Å². The van der Waals surface area contributed by atoms with Crippen LogP contribution in [0.1, 0.15) is 25.0 Å². The van der Waals surface area contributed by atoms with Crippen molar-refractivity contribution < 1.29 is 4.74 Å². The minimum Gasteiger partial charge on any atom is -0.383 e. The van der Waals surface area contributed by atoms with Gasteiger partial charge in [0.15, 0.2) is 5.96 Å². The molecule has 0 aliphatic heterocycles. The molecule has 0 amide bonds. The predicted octanol–water partition coefficient (Wildman–Crippen LogP) is 2.15. The summed E-state index contributed by atoms with van der Waals surface area (Å²) in [4.78, 5) is 6.78. The van der Waals surface area contributed by atoms with E-state index in [9.17, 15) is 0 Å². The topological polar surface area (TPSA) is 48.9 Å². The molecular formula is C17H30N4O. The van der Waals surface area contributed by atoms with Crippen LogP contribution >= 0.6 is 0 Å². The molecule has 1 rings (SSSR count). The van der Waals surface area contributed by atoms with Gasteiger partial charge in [0.1, 0.15) is 0 Å². The highest BCUT2D eigenvalue weighted by molar-refractivity contribution is 5.80. The Morgan fingerprint density at radius 2 is 2.09 bits per heavy atom. The Morgan fingerprint density at radius 3 is 2.64 bits per heavy atom. The zero-order valence-electron chi connectivity index (χ0n) is 14.7. The van der Waals surface area contributed by atoms with Crippen LogP contribution in [0.25, 0.3) is 0 Å². The number of methoxy groups -OCH3 is 1. The molecule has 0 spiro atoms. The van der Waals surface area contributed by atoms with Crippen molar-refractivity contribution in [2.24, 2.45) is 4.99 Å². The first-order valence-corrected chi connectivity index (χ1v) is 7.78. The third kappa shape index (κ3) is 5.93. The molecule has 22 heavy (non-hydrogen) atoms. The molecule has 5 nitrogen and oxygen atoms in total. The molecule has 0 heterocycles. The Bertz CT molecular complexity index is 486. The lowest BCUT2D eigenvalue weighted by Gasteiger charge is -2.17. The van der Waals surface area contributed by atoms with E-state index in [2.05, 4.69) is 73.6 Å². The number of benzene rings is 1. The van der Waals surface area contributed by atoms with Crippen molar-refractivity contribution in [3.8, 4) is 0 Å². The molecule has 0 aromatic heterocycles. The number of guanidine groups is 1. The second-order valence-corrected chi connectivity index (χ2v) is 5.70. The number of rotatable bonds is 7. The van der Waals surface area contributed by atoms with Gasteiger partial charge in [-0.1, -0.05) is 6.07 Å². The highest BCUT2D eigenvalue weighted by atomic mass is 16.5. The Hall–Kier alpha value is -1.75. The Morgan fingerprint density at radius 1 is 1.36 bits per heavy atom. The molecule has 5 heteroatoms. The second kappa shape index (κ2) is 9.30. The van der Waals surface area contributed by atoms with Crippen molar-refractivity contribution in [3.05, 3.63) is 29.3 Å². The van der Waals surface area contributed by atoms with Crippen molar-refractivity contribution in [1.29, 1.82) is 0 Å². The lowest BCUT2D eigenvalue weighted by atomic mass is 10.1. The Labute approximate surface area is 134 Å². The quantitative estimate of drug-likeness (QED) is 0.599. The number of hydrogen-bond acceptors (Lipinski definition) is 3. The van der Waals surface area contributed by atoms with Crippen LogP contribution in [0.5, 0.6) is 0 Å². The monoisotopic (exact) mass is 306 g/mol. The van der Waals surface area contributed by atoms with Gasteiger partial charge in [0, 0.05) is 39.5 Å². The molecule has 0 saturated heterocycles. The third-order valence-corrected chi connectivity index (χ3v) is 3.39. The highest BCUT2D eigenvalue weighted by Crippen LogP contribution is 2.17. The highest BCUT2D eigenvalue weighted by Gasteiger charge is 2.05. The predicted molar refractivity (Wildman–Crippen MR) is 94.8 cm³/mol. The van der Waals surface area contributed by atoms with Gasteiger partial charge < -0.3 is 20.3 Å². The first-order valence-electron chi connectivity index (χ1n) is 7.78. The summed E-state index contributed by atoms with van der Waals surface area (Å²) in [7, 11) is 5.81. The van der Waals surface area contributed by atoms with Crippen LogP contribution in [0.4, 0.5) is 5.69 Å². The lowest BCUT2D eigenvalue weighted by Crippen LogP contribution is -2.43. The smallest absolute Gasteiger partial charge is 0.191 e. The molecule has 1 aromatic carbocycles. The van der Waals surface area contributed by atoms with Crippen molar-refractivity contribution in [2.75, 3.05) is 39.3 Å². The van der Waals surface area contributed by atoms with Gasteiger partial charge in [-0.15, -0.1) is 0 Å². The first kappa shape index (κ1) is 18.3. The minimum absolute atomic E-state index is 0.222. The zero-order chi connectivity index (χ0) is 16.5. The molecule has 0 aliphatic carbocycles. The van der Waals surface area contributed by atoms with E-state index in [-0.39, 0.29) is 6.04 Å².